The third-order valence-electron chi connectivity index (χ3n) is 19.8. The molecule has 0 aliphatic heterocycles. The second-order valence-corrected chi connectivity index (χ2v) is 23.3. The van der Waals surface area contributed by atoms with Gasteiger partial charge in [-0.25, -0.2) is 18.4 Å². The molecular formula is C53H70F2O14. The number of carbonyl (C=O) groups excluding carboxylic acids is 6. The number of aliphatic hydroxyl groups excluding tert-OH is 2. The number of halogens is 2. The Morgan fingerprint density at radius 2 is 1.14 bits per heavy atom. The fourth-order valence-electron chi connectivity index (χ4n) is 15.7. The number of aliphatic hydroxyl groups is 4. The van der Waals surface area contributed by atoms with Gasteiger partial charge in [0.1, 0.15) is 17.3 Å². The van der Waals surface area contributed by atoms with Gasteiger partial charge in [-0.3, -0.25) is 19.2 Å². The predicted octanol–water partition coefficient (Wildman–Crippen LogP) is 6.09. The third kappa shape index (κ3) is 6.97. The number of alkyl halides is 2. The van der Waals surface area contributed by atoms with Crippen molar-refractivity contribution in [3.63, 3.8) is 0 Å². The lowest BCUT2D eigenvalue weighted by Gasteiger charge is -2.62. The maximum Gasteiger partial charge on any atom is 0.509 e. The number of hydrogen-bond acceptors (Lipinski definition) is 14. The van der Waals surface area contributed by atoms with Gasteiger partial charge in [0.15, 0.2) is 41.7 Å². The highest BCUT2D eigenvalue weighted by atomic mass is 19.1. The van der Waals surface area contributed by atoms with Crippen LogP contribution >= 0.6 is 0 Å². The van der Waals surface area contributed by atoms with Gasteiger partial charge in [0.05, 0.1) is 18.8 Å². The summed E-state index contributed by atoms with van der Waals surface area (Å²) in [6, 6.07) is 0. The lowest BCUT2D eigenvalue weighted by atomic mass is 9.44. The molecule has 16 heteroatoms. The van der Waals surface area contributed by atoms with Crippen LogP contribution < -0.4 is 0 Å². The summed E-state index contributed by atoms with van der Waals surface area (Å²) in [6.45, 7) is 12.5. The van der Waals surface area contributed by atoms with E-state index < -0.39 is 141 Å². The molecule has 0 aromatic carbocycles. The molecule has 8 rings (SSSR count). The van der Waals surface area contributed by atoms with Crippen LogP contribution in [0.5, 0.6) is 0 Å². The van der Waals surface area contributed by atoms with Crippen molar-refractivity contribution in [3.05, 3.63) is 47.6 Å². The zero-order chi connectivity index (χ0) is 50.9. The molecule has 0 aromatic heterocycles. The van der Waals surface area contributed by atoms with Gasteiger partial charge in [-0.15, -0.1) is 0 Å². The Bertz CT molecular complexity index is 2340. The molecule has 1 unspecified atom stereocenters. The van der Waals surface area contributed by atoms with Crippen molar-refractivity contribution >= 4 is 35.3 Å². The van der Waals surface area contributed by atoms with E-state index in [1.807, 2.05) is 0 Å². The molecule has 0 spiro atoms. The number of Topliss-reactive ketones (excluding diaryl/α,β-unsaturated/α-hetero) is 2. The van der Waals surface area contributed by atoms with E-state index in [-0.39, 0.29) is 50.3 Å². The first-order valence-electron chi connectivity index (χ1n) is 24.8. The molecule has 6 fully saturated rings. The second kappa shape index (κ2) is 16.8. The molecule has 0 aromatic rings. The van der Waals surface area contributed by atoms with E-state index >= 15 is 8.78 Å². The van der Waals surface area contributed by atoms with E-state index in [2.05, 4.69) is 0 Å². The van der Waals surface area contributed by atoms with Gasteiger partial charge in [0.2, 0.25) is 11.6 Å². The van der Waals surface area contributed by atoms with Crippen LogP contribution in [0.3, 0.4) is 0 Å². The standard InChI is InChI=1S/C53H70F2O14/c1-10-34(69-44(63)67-27-42(61)53(65)29(3)20-38-36-14-12-31-22-33(57)16-18-47(31,7)51(36,55)40(59)24-49(38,53)9)25-68-45(4,5)43(62)66-26-41(60)52(64)28(2)19-37-35-13-11-30-21-32(56)15-17-46(30,6)50(35,54)39(58)23-48(37,52)8/h15-18,21-22,28-29,34-40,58-59,64-65H,10-14,19-20,23-27H2,1-9H3/t28-,29-,34?,35+,36+,37+,38+,39+,40+,46+,47+,48+,49+,50+,51+,52+,53+/m1/s1. The quantitative estimate of drug-likeness (QED) is 0.163. The molecule has 380 valence electrons. The molecule has 6 saturated carbocycles. The molecule has 8 aliphatic rings. The second-order valence-electron chi connectivity index (χ2n) is 23.3. The van der Waals surface area contributed by atoms with Crippen LogP contribution in [-0.4, -0.2) is 122 Å². The molecule has 17 atom stereocenters. The van der Waals surface area contributed by atoms with Crippen molar-refractivity contribution in [2.75, 3.05) is 19.8 Å². The molecule has 69 heavy (non-hydrogen) atoms. The minimum absolute atomic E-state index is 0.180. The van der Waals surface area contributed by atoms with Gasteiger partial charge >= 0.3 is 12.1 Å². The van der Waals surface area contributed by atoms with Crippen LogP contribution in [-0.2, 0) is 42.9 Å². The van der Waals surface area contributed by atoms with E-state index in [0.717, 1.165) is 0 Å². The number of esters is 1. The summed E-state index contributed by atoms with van der Waals surface area (Å²) in [5.41, 5.74) is -14.0. The molecule has 0 amide bonds. The monoisotopic (exact) mass is 968 g/mol. The highest BCUT2D eigenvalue weighted by Gasteiger charge is 2.77. The Kier molecular flexibility index (Phi) is 12.5. The Hall–Kier alpha value is -3.96. The third-order valence-corrected chi connectivity index (χ3v) is 19.8. The largest absolute Gasteiger partial charge is 0.509 e. The summed E-state index contributed by atoms with van der Waals surface area (Å²) >= 11 is 0. The molecule has 0 saturated heterocycles. The Morgan fingerprint density at radius 3 is 1.57 bits per heavy atom. The lowest BCUT2D eigenvalue weighted by molar-refractivity contribution is -0.220. The number of hydrogen-bond donors (Lipinski definition) is 4. The molecule has 4 N–H and O–H groups in total. The minimum atomic E-state index is -2.16. The molecule has 0 heterocycles. The van der Waals surface area contributed by atoms with Crippen molar-refractivity contribution in [2.24, 2.45) is 57.2 Å². The summed E-state index contributed by atoms with van der Waals surface area (Å²) in [4.78, 5) is 79.0. The van der Waals surface area contributed by atoms with Crippen LogP contribution in [0.4, 0.5) is 13.6 Å². The van der Waals surface area contributed by atoms with Crippen LogP contribution in [0.2, 0.25) is 0 Å². The summed E-state index contributed by atoms with van der Waals surface area (Å²) in [5, 5.41) is 48.0. The van der Waals surface area contributed by atoms with E-state index in [0.29, 0.717) is 36.8 Å². The number of ether oxygens (including phenoxy) is 4. The smallest absolute Gasteiger partial charge is 0.455 e. The number of allylic oxidation sites excluding steroid dienone is 8. The normalized spacial score (nSPS) is 45.6. The zero-order valence-corrected chi connectivity index (χ0v) is 41.3. The van der Waals surface area contributed by atoms with Crippen molar-refractivity contribution in [3.8, 4) is 0 Å². The summed E-state index contributed by atoms with van der Waals surface area (Å²) in [5.74, 6) is -6.95. The number of ketones is 4. The number of rotatable bonds is 12. The minimum Gasteiger partial charge on any atom is -0.455 e. The Morgan fingerprint density at radius 1 is 0.725 bits per heavy atom. The molecule has 0 bridgehead atoms. The van der Waals surface area contributed by atoms with Gasteiger partial charge < -0.3 is 39.4 Å². The van der Waals surface area contributed by atoms with Gasteiger partial charge in [-0.1, -0.05) is 57.9 Å². The van der Waals surface area contributed by atoms with Crippen LogP contribution in [0, 0.1) is 57.2 Å². The van der Waals surface area contributed by atoms with Crippen molar-refractivity contribution in [1.82, 2.24) is 0 Å². The first kappa shape index (κ1) is 51.4. The summed E-state index contributed by atoms with van der Waals surface area (Å²) in [6.07, 6.45) is 4.90. The zero-order valence-electron chi connectivity index (χ0n) is 41.3. The SMILES string of the molecule is CCC(COC(C)(C)C(=O)OCC(=O)[C@@]1(O)[C@H](C)C[C@H]2[C@@H]3CCC4=CC(=O)C=C[C@]4(C)[C@@]3(F)[C@@H](O)C[C@@]21C)OC(=O)OCC(=O)[C@@]1(O)[C@H](C)C[C@H]2[C@@H]3CCC4=CC(=O)C=C[C@]4(C)[C@@]3(F)[C@@H](O)C[C@@]21C. The van der Waals surface area contributed by atoms with Crippen LogP contribution in [0.1, 0.15) is 120 Å². The topological polar surface area (TPSA) is 220 Å². The number of fused-ring (bicyclic) bond motifs is 10. The number of carbonyl (C=O) groups is 6. The van der Waals surface area contributed by atoms with Gasteiger partial charge in [0.25, 0.3) is 0 Å². The average molecular weight is 969 g/mol. The van der Waals surface area contributed by atoms with E-state index in [9.17, 15) is 49.2 Å². The van der Waals surface area contributed by atoms with Gasteiger partial charge in [0, 0.05) is 33.5 Å². The summed E-state index contributed by atoms with van der Waals surface area (Å²) < 4.78 is 57.2. The van der Waals surface area contributed by atoms with Crippen molar-refractivity contribution in [1.29, 1.82) is 0 Å². The molecular weight excluding hydrogens is 899 g/mol. The van der Waals surface area contributed by atoms with Crippen LogP contribution in [0.25, 0.3) is 0 Å². The van der Waals surface area contributed by atoms with Crippen LogP contribution in [0.15, 0.2) is 47.6 Å². The first-order valence-corrected chi connectivity index (χ1v) is 24.8. The molecule has 8 aliphatic carbocycles. The lowest BCUT2D eigenvalue weighted by Crippen LogP contribution is -2.69. The maximum atomic E-state index is 17.6. The summed E-state index contributed by atoms with van der Waals surface area (Å²) in [7, 11) is 0. The highest BCUT2D eigenvalue weighted by molar-refractivity contribution is 6.02. The van der Waals surface area contributed by atoms with Crippen molar-refractivity contribution in [2.45, 2.75) is 167 Å². The molecule has 0 radical (unpaired) electrons. The Balaban J connectivity index is 0.852. The fourth-order valence-corrected chi connectivity index (χ4v) is 15.7. The van der Waals surface area contributed by atoms with E-state index in [1.165, 1.54) is 50.3 Å². The predicted molar refractivity (Wildman–Crippen MR) is 243 cm³/mol. The van der Waals surface area contributed by atoms with Crippen molar-refractivity contribution < 1.29 is 76.9 Å². The first-order chi connectivity index (χ1) is 32.0. The molecule has 14 nitrogen and oxygen atoms in total. The van der Waals surface area contributed by atoms with E-state index in [1.54, 1.807) is 48.5 Å². The Labute approximate surface area is 402 Å². The highest BCUT2D eigenvalue weighted by Crippen LogP contribution is 2.72. The maximum absolute atomic E-state index is 17.6. The van der Waals surface area contributed by atoms with Gasteiger partial charge in [-0.05, 0) is 133 Å². The fraction of sp³-hybridized carbons (Fsp3) is 0.736. The average Bonchev–Trinajstić information content (AvgIpc) is 3.62. The van der Waals surface area contributed by atoms with E-state index in [4.69, 9.17) is 18.9 Å². The van der Waals surface area contributed by atoms with Gasteiger partial charge in [-0.2, -0.15) is 0 Å².